The Morgan fingerprint density at radius 1 is 1.12 bits per heavy atom. The van der Waals surface area contributed by atoms with Crippen LogP contribution in [0.15, 0.2) is 4.99 Å². The fraction of sp³-hybridized carbons (Fsp3) is 0.882. The van der Waals surface area contributed by atoms with Gasteiger partial charge in [0.15, 0.2) is 5.96 Å². The average Bonchev–Trinajstić information content (AvgIpc) is 2.54. The number of nitrogens with one attached hydrogen (secondary N) is 2. The van der Waals surface area contributed by atoms with E-state index in [1.165, 1.54) is 0 Å². The molecule has 0 aliphatic heterocycles. The van der Waals surface area contributed by atoms with E-state index in [0.717, 1.165) is 13.0 Å². The molecule has 8 nitrogen and oxygen atoms in total. The van der Waals surface area contributed by atoms with Crippen LogP contribution in [0.4, 0.5) is 4.79 Å². The van der Waals surface area contributed by atoms with Gasteiger partial charge in [-0.2, -0.15) is 0 Å². The van der Waals surface area contributed by atoms with E-state index in [9.17, 15) is 4.79 Å². The van der Waals surface area contributed by atoms with Crippen LogP contribution in [0.25, 0.3) is 0 Å². The van der Waals surface area contributed by atoms with Gasteiger partial charge >= 0.3 is 6.09 Å². The van der Waals surface area contributed by atoms with Gasteiger partial charge in [0.05, 0.1) is 13.2 Å². The Bertz CT molecular complexity index is 389. The van der Waals surface area contributed by atoms with Crippen LogP contribution >= 0.6 is 24.0 Å². The molecular formula is C17H37IN4O4. The van der Waals surface area contributed by atoms with Gasteiger partial charge in [-0.05, 0) is 34.1 Å². The summed E-state index contributed by atoms with van der Waals surface area (Å²) >= 11 is 0. The number of rotatable bonds is 11. The summed E-state index contributed by atoms with van der Waals surface area (Å²) in [7, 11) is 3.37. The number of carbonyl (C=O) groups excluding carboxylic acids is 1. The summed E-state index contributed by atoms with van der Waals surface area (Å²) in [5.41, 5.74) is -0.485. The van der Waals surface area contributed by atoms with E-state index in [1.807, 2.05) is 27.7 Å². The van der Waals surface area contributed by atoms with Gasteiger partial charge in [-0.3, -0.25) is 4.99 Å². The fourth-order valence-electron chi connectivity index (χ4n) is 1.86. The van der Waals surface area contributed by atoms with E-state index < -0.39 is 5.60 Å². The highest BCUT2D eigenvalue weighted by atomic mass is 127. The van der Waals surface area contributed by atoms with Gasteiger partial charge in [0.2, 0.25) is 0 Å². The quantitative estimate of drug-likeness (QED) is 0.201. The Hall–Kier alpha value is -0.810. The molecule has 0 aromatic heterocycles. The first-order chi connectivity index (χ1) is 11.8. The van der Waals surface area contributed by atoms with Gasteiger partial charge < -0.3 is 29.7 Å². The molecule has 0 atom stereocenters. The SMILES string of the molecule is CCN(CCNC(=NC)NCCCOCCOC)C(=O)OC(C)(C)C.I. The van der Waals surface area contributed by atoms with Crippen LogP contribution in [0, 0.1) is 0 Å². The minimum absolute atomic E-state index is 0. The second kappa shape index (κ2) is 16.4. The normalized spacial score (nSPS) is 11.5. The van der Waals surface area contributed by atoms with Gasteiger partial charge in [-0.15, -0.1) is 24.0 Å². The Labute approximate surface area is 175 Å². The first kappa shape index (κ1) is 27.4. The van der Waals surface area contributed by atoms with Crippen molar-refractivity contribution in [1.82, 2.24) is 15.5 Å². The molecule has 0 heterocycles. The van der Waals surface area contributed by atoms with Crippen molar-refractivity contribution in [1.29, 1.82) is 0 Å². The summed E-state index contributed by atoms with van der Waals surface area (Å²) in [6.45, 7) is 11.9. The highest BCUT2D eigenvalue weighted by Gasteiger charge is 2.20. The number of nitrogens with zero attached hydrogens (tertiary/aromatic N) is 2. The molecule has 2 N–H and O–H groups in total. The van der Waals surface area contributed by atoms with Crippen LogP contribution in [0.5, 0.6) is 0 Å². The van der Waals surface area contributed by atoms with Crippen LogP contribution in [-0.4, -0.2) is 82.7 Å². The third-order valence-electron chi connectivity index (χ3n) is 3.12. The van der Waals surface area contributed by atoms with Crippen molar-refractivity contribution in [2.75, 3.05) is 60.2 Å². The lowest BCUT2D eigenvalue weighted by Crippen LogP contribution is -2.44. The van der Waals surface area contributed by atoms with Crippen molar-refractivity contribution in [3.63, 3.8) is 0 Å². The maximum absolute atomic E-state index is 12.1. The zero-order valence-corrected chi connectivity index (χ0v) is 19.4. The molecule has 0 saturated heterocycles. The molecule has 0 rings (SSSR count). The van der Waals surface area contributed by atoms with Crippen LogP contribution in [-0.2, 0) is 14.2 Å². The number of hydrogen-bond acceptors (Lipinski definition) is 5. The molecule has 0 radical (unpaired) electrons. The third kappa shape index (κ3) is 15.4. The summed E-state index contributed by atoms with van der Waals surface area (Å²) in [5, 5.41) is 6.40. The number of guanidine groups is 1. The first-order valence-corrected chi connectivity index (χ1v) is 8.83. The number of carbonyl (C=O) groups is 1. The molecule has 0 aliphatic carbocycles. The summed E-state index contributed by atoms with van der Waals surface area (Å²) < 4.78 is 15.7. The largest absolute Gasteiger partial charge is 0.444 e. The van der Waals surface area contributed by atoms with E-state index >= 15 is 0 Å². The number of likely N-dealkylation sites (N-methyl/N-ethyl adjacent to an activating group) is 1. The number of aliphatic imine (C=N–C) groups is 1. The fourth-order valence-corrected chi connectivity index (χ4v) is 1.86. The topological polar surface area (TPSA) is 84.4 Å². The Balaban J connectivity index is 0. The van der Waals surface area contributed by atoms with Crippen molar-refractivity contribution in [3.05, 3.63) is 0 Å². The van der Waals surface area contributed by atoms with Crippen molar-refractivity contribution in [2.24, 2.45) is 4.99 Å². The molecule has 1 amide bonds. The molecule has 0 saturated carbocycles. The van der Waals surface area contributed by atoms with E-state index in [4.69, 9.17) is 14.2 Å². The smallest absolute Gasteiger partial charge is 0.410 e. The lowest BCUT2D eigenvalue weighted by atomic mass is 10.2. The molecule has 0 fully saturated rings. The second-order valence-corrected chi connectivity index (χ2v) is 6.44. The number of hydrogen-bond donors (Lipinski definition) is 2. The lowest BCUT2D eigenvalue weighted by molar-refractivity contribution is 0.0264. The minimum Gasteiger partial charge on any atom is -0.444 e. The van der Waals surface area contributed by atoms with Crippen LogP contribution in [0.3, 0.4) is 0 Å². The molecule has 0 bridgehead atoms. The zero-order valence-electron chi connectivity index (χ0n) is 17.1. The van der Waals surface area contributed by atoms with Crippen molar-refractivity contribution >= 4 is 36.0 Å². The third-order valence-corrected chi connectivity index (χ3v) is 3.12. The maximum Gasteiger partial charge on any atom is 0.410 e. The average molecular weight is 488 g/mol. The predicted molar refractivity (Wildman–Crippen MR) is 116 cm³/mol. The molecule has 0 aromatic rings. The molecule has 0 unspecified atom stereocenters. The Morgan fingerprint density at radius 2 is 1.77 bits per heavy atom. The van der Waals surface area contributed by atoms with E-state index in [-0.39, 0.29) is 30.1 Å². The molecule has 0 aromatic carbocycles. The highest BCUT2D eigenvalue weighted by molar-refractivity contribution is 14.0. The molecule has 156 valence electrons. The Morgan fingerprint density at radius 3 is 2.31 bits per heavy atom. The van der Waals surface area contributed by atoms with Gasteiger partial charge in [-0.1, -0.05) is 0 Å². The van der Waals surface area contributed by atoms with Gasteiger partial charge in [0.25, 0.3) is 0 Å². The van der Waals surface area contributed by atoms with Gasteiger partial charge in [-0.25, -0.2) is 4.79 Å². The monoisotopic (exact) mass is 488 g/mol. The molecule has 0 aliphatic rings. The summed E-state index contributed by atoms with van der Waals surface area (Å²) in [6, 6.07) is 0. The summed E-state index contributed by atoms with van der Waals surface area (Å²) in [4.78, 5) is 17.9. The molecule has 26 heavy (non-hydrogen) atoms. The van der Waals surface area contributed by atoms with Crippen molar-refractivity contribution in [3.8, 4) is 0 Å². The summed E-state index contributed by atoms with van der Waals surface area (Å²) in [6.07, 6.45) is 0.580. The van der Waals surface area contributed by atoms with E-state index in [1.54, 1.807) is 19.1 Å². The van der Waals surface area contributed by atoms with E-state index in [2.05, 4.69) is 15.6 Å². The molecule has 9 heteroatoms. The van der Waals surface area contributed by atoms with Crippen molar-refractivity contribution < 1.29 is 19.0 Å². The number of halogens is 1. The highest BCUT2D eigenvalue weighted by Crippen LogP contribution is 2.09. The summed E-state index contributed by atoms with van der Waals surface area (Å²) in [5.74, 6) is 0.706. The lowest BCUT2D eigenvalue weighted by Gasteiger charge is -2.26. The van der Waals surface area contributed by atoms with E-state index in [0.29, 0.717) is 45.4 Å². The number of ether oxygens (including phenoxy) is 3. The van der Waals surface area contributed by atoms with Gasteiger partial charge in [0, 0.05) is 46.9 Å². The number of methoxy groups -OCH3 is 1. The van der Waals surface area contributed by atoms with Crippen LogP contribution in [0.2, 0.25) is 0 Å². The van der Waals surface area contributed by atoms with Crippen molar-refractivity contribution in [2.45, 2.75) is 39.7 Å². The Kier molecular flexibility index (Phi) is 17.3. The first-order valence-electron chi connectivity index (χ1n) is 8.83. The van der Waals surface area contributed by atoms with Crippen LogP contribution in [0.1, 0.15) is 34.1 Å². The zero-order chi connectivity index (χ0) is 19.1. The standard InChI is InChI=1S/C17H36N4O4.HI/c1-7-21(16(22)25-17(2,3)4)11-10-20-15(18-5)19-9-8-12-24-14-13-23-6;/h7-14H2,1-6H3,(H2,18,19,20);1H. The minimum atomic E-state index is -0.485. The van der Waals surface area contributed by atoms with Crippen LogP contribution < -0.4 is 10.6 Å². The van der Waals surface area contributed by atoms with Gasteiger partial charge in [0.1, 0.15) is 5.60 Å². The number of amides is 1. The second-order valence-electron chi connectivity index (χ2n) is 6.44. The predicted octanol–water partition coefficient (Wildman–Crippen LogP) is 2.08. The maximum atomic E-state index is 12.1. The molecular weight excluding hydrogens is 451 g/mol. The molecule has 0 spiro atoms.